The first-order chi connectivity index (χ1) is 22.8. The Labute approximate surface area is 270 Å². The normalized spacial score (nSPS) is 19.5. The molecule has 1 N–H and O–H groups in total. The molecule has 0 spiro atoms. The predicted octanol–water partition coefficient (Wildman–Crippen LogP) is 7.17. The van der Waals surface area contributed by atoms with Crippen LogP contribution < -0.4 is 0 Å². The Kier molecular flexibility index (Phi) is 11.7. The van der Waals surface area contributed by atoms with Gasteiger partial charge in [0.1, 0.15) is 0 Å². The van der Waals surface area contributed by atoms with E-state index in [0.29, 0.717) is 0 Å². The largest absolute Gasteiger partial charge is 0.478 e. The van der Waals surface area contributed by atoms with E-state index in [1.807, 2.05) is 0 Å². The zero-order valence-corrected chi connectivity index (χ0v) is 22.9. The lowest BCUT2D eigenvalue weighted by molar-refractivity contribution is -0.355. The van der Waals surface area contributed by atoms with Crippen molar-refractivity contribution in [3.05, 3.63) is 0 Å². The minimum atomic E-state index is -9.75. The van der Waals surface area contributed by atoms with Gasteiger partial charge in [-0.15, -0.1) is 0 Å². The van der Waals surface area contributed by atoms with Crippen molar-refractivity contribution in [3.63, 3.8) is 0 Å². The van der Waals surface area contributed by atoms with E-state index in [1.54, 1.807) is 0 Å². The van der Waals surface area contributed by atoms with Crippen LogP contribution in [-0.2, 0) is 24.0 Å². The van der Waals surface area contributed by atoms with Gasteiger partial charge in [-0.25, -0.2) is 22.4 Å². The molecular formula is C19HF29O6. The van der Waals surface area contributed by atoms with E-state index in [4.69, 9.17) is 5.11 Å². The number of carboxylic acid groups (broad SMARTS) is 1. The highest BCUT2D eigenvalue weighted by Crippen LogP contribution is 2.61. The molecule has 54 heavy (non-hydrogen) atoms. The maximum absolute atomic E-state index is 14.9. The van der Waals surface area contributed by atoms with Gasteiger partial charge in [0.05, 0.1) is 0 Å². The monoisotopic (exact) mass is 876 g/mol. The van der Waals surface area contributed by atoms with Gasteiger partial charge in [-0.3, -0.25) is 19.2 Å². The second kappa shape index (κ2) is 12.6. The molecule has 6 nitrogen and oxygen atoms in total. The Morgan fingerprint density at radius 2 is 0.481 bits per heavy atom. The fraction of sp³-hybridized carbons (Fsp3) is 0.737. The first kappa shape index (κ1) is 50.1. The number of hydrogen-bond donors (Lipinski definition) is 1. The van der Waals surface area contributed by atoms with Crippen LogP contribution in [0.1, 0.15) is 0 Å². The van der Waals surface area contributed by atoms with Gasteiger partial charge in [0, 0.05) is 0 Å². The lowest BCUT2D eigenvalue weighted by Crippen LogP contribution is -2.79. The SMILES string of the molecule is O=C(O)C(F)(C(=O)C(F)(F)C(F)(C(=O)C(F)(F)C(F)(C(=O)C(F)(F)C(F)(C(=O)C(F)(F)C(F)(F)C(F)(F)F)C(F)(F)F)C(F)(F)F)C(F)(F)F)C(F)(F)F. The van der Waals surface area contributed by atoms with E-state index in [-0.39, 0.29) is 0 Å². The molecule has 0 rings (SSSR count). The zero-order valence-electron chi connectivity index (χ0n) is 22.9. The van der Waals surface area contributed by atoms with Crippen molar-refractivity contribution in [2.24, 2.45) is 0 Å². The van der Waals surface area contributed by atoms with Crippen LogP contribution in [0.2, 0.25) is 0 Å². The highest BCUT2D eigenvalue weighted by Gasteiger charge is 2.95. The molecule has 316 valence electrons. The quantitative estimate of drug-likeness (QED) is 0.156. The summed E-state index contributed by atoms with van der Waals surface area (Å²) in [6, 6.07) is 0. The first-order valence-corrected chi connectivity index (χ1v) is 11.2. The summed E-state index contributed by atoms with van der Waals surface area (Å²) >= 11 is 0. The Bertz CT molecular complexity index is 1540. The van der Waals surface area contributed by atoms with Crippen LogP contribution in [0.5, 0.6) is 0 Å². The number of alkyl halides is 29. The van der Waals surface area contributed by atoms with Crippen molar-refractivity contribution in [3.8, 4) is 0 Å². The lowest BCUT2D eigenvalue weighted by atomic mass is 9.73. The van der Waals surface area contributed by atoms with Crippen LogP contribution >= 0.6 is 0 Å². The summed E-state index contributed by atoms with van der Waals surface area (Å²) in [7, 11) is 0. The number of carbonyl (C=O) groups excluding carboxylic acids is 4. The molecular weight excluding hydrogens is 875 g/mol. The second-order valence-electron chi connectivity index (χ2n) is 9.62. The maximum atomic E-state index is 14.9. The maximum Gasteiger partial charge on any atom is 0.460 e. The van der Waals surface area contributed by atoms with Gasteiger partial charge in [0.15, 0.2) is 0 Å². The van der Waals surface area contributed by atoms with Gasteiger partial charge in [0.2, 0.25) is 0 Å². The standard InChI is InChI=1S/C19HF29O6/c20-6(5(53)54,15(34,35)36)1(49)10(24,25)7(21,16(37,38)39)2(50)11(26,27)8(22,17(40,41)42)3(51)12(28,29)9(23,18(43,44)45)4(52)13(30,31)14(32,33)19(46,47)48/h(H,53,54). The predicted molar refractivity (Wildman–Crippen MR) is 98.0 cm³/mol. The van der Waals surface area contributed by atoms with Crippen molar-refractivity contribution >= 4 is 29.1 Å². The van der Waals surface area contributed by atoms with Gasteiger partial charge < -0.3 is 5.11 Å². The van der Waals surface area contributed by atoms with Gasteiger partial charge in [-0.1, -0.05) is 0 Å². The summed E-state index contributed by atoms with van der Waals surface area (Å²) in [6.07, 6.45) is -43.7. The molecule has 0 aromatic carbocycles. The van der Waals surface area contributed by atoms with Crippen LogP contribution in [0.3, 0.4) is 0 Å². The van der Waals surface area contributed by atoms with E-state index in [0.717, 1.165) is 0 Å². The van der Waals surface area contributed by atoms with Crippen molar-refractivity contribution in [1.82, 2.24) is 0 Å². The summed E-state index contributed by atoms with van der Waals surface area (Å²) in [5, 5.41) is 8.07. The molecule has 0 radical (unpaired) electrons. The second-order valence-corrected chi connectivity index (χ2v) is 9.62. The number of carbonyl (C=O) groups is 5. The Morgan fingerprint density at radius 1 is 0.278 bits per heavy atom. The van der Waals surface area contributed by atoms with Crippen LogP contribution in [-0.4, -0.2) is 117 Å². The Hall–Kier alpha value is -3.88. The topological polar surface area (TPSA) is 106 Å². The number of ketones is 4. The van der Waals surface area contributed by atoms with E-state index in [2.05, 4.69) is 0 Å². The van der Waals surface area contributed by atoms with E-state index in [9.17, 15) is 151 Å². The van der Waals surface area contributed by atoms with Crippen LogP contribution in [0, 0.1) is 0 Å². The van der Waals surface area contributed by atoms with E-state index >= 15 is 0 Å². The highest BCUT2D eigenvalue weighted by molar-refractivity contribution is 6.15. The highest BCUT2D eigenvalue weighted by atomic mass is 19.4. The summed E-state index contributed by atoms with van der Waals surface area (Å²) in [6.45, 7) is 0. The molecule has 0 aromatic rings. The lowest BCUT2D eigenvalue weighted by Gasteiger charge is -2.42. The van der Waals surface area contributed by atoms with Crippen LogP contribution in [0.15, 0.2) is 0 Å². The van der Waals surface area contributed by atoms with Crippen molar-refractivity contribution < 1.29 is 156 Å². The van der Waals surface area contributed by atoms with Crippen LogP contribution in [0.25, 0.3) is 0 Å². The molecule has 35 heteroatoms. The smallest absolute Gasteiger partial charge is 0.460 e. The average molecular weight is 876 g/mol. The molecule has 0 heterocycles. The molecule has 0 amide bonds. The van der Waals surface area contributed by atoms with Crippen molar-refractivity contribution in [1.29, 1.82) is 0 Å². The number of carboxylic acids is 1. The Balaban J connectivity index is 8.49. The van der Waals surface area contributed by atoms with Crippen LogP contribution in [0.4, 0.5) is 127 Å². The summed E-state index contributed by atoms with van der Waals surface area (Å²) in [4.78, 5) is 56.3. The molecule has 0 aliphatic carbocycles. The Morgan fingerprint density at radius 3 is 0.648 bits per heavy atom. The molecule has 0 saturated heterocycles. The number of Topliss-reactive ketones (excluding diaryl/α,β-unsaturated/α-hetero) is 4. The van der Waals surface area contributed by atoms with Crippen molar-refractivity contribution in [2.45, 2.75) is 83.2 Å². The fourth-order valence-corrected chi connectivity index (χ4v) is 3.35. The van der Waals surface area contributed by atoms with E-state index < -0.39 is 112 Å². The number of aliphatic carboxylic acids is 1. The minimum absolute atomic E-state index is 4.92. The third-order valence-electron chi connectivity index (χ3n) is 6.30. The molecule has 4 atom stereocenters. The third-order valence-corrected chi connectivity index (χ3v) is 6.30. The minimum Gasteiger partial charge on any atom is -0.478 e. The zero-order chi connectivity index (χ0) is 44.9. The van der Waals surface area contributed by atoms with Gasteiger partial charge in [-0.05, 0) is 0 Å². The van der Waals surface area contributed by atoms with Gasteiger partial charge >= 0.3 is 89.1 Å². The first-order valence-electron chi connectivity index (χ1n) is 11.2. The van der Waals surface area contributed by atoms with Gasteiger partial charge in [-0.2, -0.15) is 110 Å². The number of hydrogen-bond acceptors (Lipinski definition) is 5. The third kappa shape index (κ3) is 6.21. The number of halogens is 29. The van der Waals surface area contributed by atoms with Gasteiger partial charge in [0.25, 0.3) is 23.1 Å². The number of rotatable bonds is 13. The molecule has 0 fully saturated rings. The van der Waals surface area contributed by atoms with E-state index in [1.165, 1.54) is 0 Å². The molecule has 0 bridgehead atoms. The fourth-order valence-electron chi connectivity index (χ4n) is 3.35. The molecule has 4 unspecified atom stereocenters. The molecule has 0 aliphatic heterocycles. The van der Waals surface area contributed by atoms with Crippen molar-refractivity contribution in [2.75, 3.05) is 0 Å². The summed E-state index contributed by atoms with van der Waals surface area (Å²) in [5.74, 6) is -77.7. The molecule has 0 aromatic heterocycles. The molecule has 0 aliphatic rings. The average Bonchev–Trinajstić information content (AvgIpc) is 2.93. The molecule has 0 saturated carbocycles. The summed E-state index contributed by atoms with van der Waals surface area (Å²) in [5.41, 5.74) is -36.5. The summed E-state index contributed by atoms with van der Waals surface area (Å²) < 4.78 is 392.